The molecule has 0 aliphatic carbocycles. The molecule has 0 fully saturated rings. The fourth-order valence-electron chi connectivity index (χ4n) is 2.60. The number of aromatic nitrogens is 4. The first kappa shape index (κ1) is 16.9. The van der Waals surface area contributed by atoms with Gasteiger partial charge in [-0.15, -0.1) is 10.2 Å². The fourth-order valence-corrected chi connectivity index (χ4v) is 2.60. The first-order chi connectivity index (χ1) is 13.1. The third-order valence-corrected chi connectivity index (χ3v) is 3.91. The highest BCUT2D eigenvalue weighted by molar-refractivity contribution is 5.56. The van der Waals surface area contributed by atoms with Gasteiger partial charge in [0.05, 0.1) is 7.11 Å². The Bertz CT molecular complexity index is 1090. The van der Waals surface area contributed by atoms with E-state index < -0.39 is 5.82 Å². The lowest BCUT2D eigenvalue weighted by Gasteiger charge is -2.01. The van der Waals surface area contributed by atoms with Crippen LogP contribution in [0.15, 0.2) is 51.4 Å². The molecule has 2 heterocycles. The second-order valence-electron chi connectivity index (χ2n) is 5.91. The minimum Gasteiger partial charge on any atom is -0.494 e. The molecule has 0 aliphatic rings. The van der Waals surface area contributed by atoms with Crippen LogP contribution in [-0.2, 0) is 6.42 Å². The van der Waals surface area contributed by atoms with Gasteiger partial charge in [0.2, 0.25) is 23.5 Å². The van der Waals surface area contributed by atoms with Crippen molar-refractivity contribution in [2.75, 3.05) is 7.11 Å². The van der Waals surface area contributed by atoms with Crippen LogP contribution in [-0.4, -0.2) is 27.4 Å². The first-order valence-corrected chi connectivity index (χ1v) is 8.18. The van der Waals surface area contributed by atoms with Gasteiger partial charge in [-0.25, -0.2) is 4.39 Å². The van der Waals surface area contributed by atoms with E-state index in [-0.39, 0.29) is 18.0 Å². The van der Waals surface area contributed by atoms with E-state index in [4.69, 9.17) is 13.7 Å². The Labute approximate surface area is 153 Å². The van der Waals surface area contributed by atoms with Crippen molar-refractivity contribution >= 4 is 0 Å². The summed E-state index contributed by atoms with van der Waals surface area (Å²) in [5.41, 5.74) is 2.42. The number of nitrogens with zero attached hydrogens (tertiary/aromatic N) is 4. The van der Waals surface area contributed by atoms with Crippen LogP contribution in [0.5, 0.6) is 5.75 Å². The van der Waals surface area contributed by atoms with Gasteiger partial charge >= 0.3 is 0 Å². The molecule has 2 aromatic carbocycles. The second-order valence-corrected chi connectivity index (χ2v) is 5.91. The summed E-state index contributed by atoms with van der Waals surface area (Å²) >= 11 is 0. The summed E-state index contributed by atoms with van der Waals surface area (Å²) in [6.45, 7) is 1.99. The van der Waals surface area contributed by atoms with Crippen molar-refractivity contribution < 1.29 is 18.1 Å². The Balaban J connectivity index is 1.52. The molecule has 0 saturated heterocycles. The van der Waals surface area contributed by atoms with Gasteiger partial charge in [0.1, 0.15) is 6.42 Å². The Hall–Kier alpha value is -3.55. The van der Waals surface area contributed by atoms with Crippen molar-refractivity contribution in [3.63, 3.8) is 0 Å². The lowest BCUT2D eigenvalue weighted by molar-refractivity contribution is 0.373. The second kappa shape index (κ2) is 6.99. The molecule has 7 nitrogen and oxygen atoms in total. The molecule has 27 heavy (non-hydrogen) atoms. The smallest absolute Gasteiger partial charge is 0.247 e. The average molecular weight is 366 g/mol. The van der Waals surface area contributed by atoms with Crippen LogP contribution in [0.2, 0.25) is 0 Å². The number of halogens is 1. The Morgan fingerprint density at radius 3 is 2.70 bits per heavy atom. The van der Waals surface area contributed by atoms with Crippen molar-refractivity contribution in [3.8, 4) is 28.6 Å². The first-order valence-electron chi connectivity index (χ1n) is 8.18. The zero-order chi connectivity index (χ0) is 18.8. The molecule has 2 aromatic heterocycles. The van der Waals surface area contributed by atoms with Crippen LogP contribution in [0.3, 0.4) is 0 Å². The quantitative estimate of drug-likeness (QED) is 0.530. The topological polar surface area (TPSA) is 87.1 Å². The molecular weight excluding hydrogens is 351 g/mol. The lowest BCUT2D eigenvalue weighted by Crippen LogP contribution is -1.91. The summed E-state index contributed by atoms with van der Waals surface area (Å²) in [6, 6.07) is 12.2. The number of rotatable bonds is 5. The molecule has 0 atom stereocenters. The highest BCUT2D eigenvalue weighted by Gasteiger charge is 2.15. The van der Waals surface area contributed by atoms with Crippen LogP contribution >= 0.6 is 0 Å². The fraction of sp³-hybridized carbons (Fsp3) is 0.158. The summed E-state index contributed by atoms with van der Waals surface area (Å²) < 4.78 is 29.6. The lowest BCUT2D eigenvalue weighted by atomic mass is 10.1. The van der Waals surface area contributed by atoms with E-state index in [1.54, 1.807) is 6.07 Å². The molecule has 8 heteroatoms. The number of hydrogen-bond acceptors (Lipinski definition) is 7. The van der Waals surface area contributed by atoms with Gasteiger partial charge in [0, 0.05) is 11.1 Å². The Kier molecular flexibility index (Phi) is 4.37. The molecule has 0 radical (unpaired) electrons. The maximum Gasteiger partial charge on any atom is 0.247 e. The minimum atomic E-state index is -0.499. The molecule has 0 unspecified atom stereocenters. The standard InChI is InChI=1S/C19H15FN4O3/c1-11-4-3-5-13(8-11)19-23-22-17(26-19)10-16-21-18(24-27-16)12-6-7-15(25-2)14(20)9-12/h3-9H,10H2,1-2H3. The van der Waals surface area contributed by atoms with E-state index in [1.807, 2.05) is 31.2 Å². The maximum absolute atomic E-state index is 13.8. The number of hydrogen-bond donors (Lipinski definition) is 0. The molecule has 0 spiro atoms. The van der Waals surface area contributed by atoms with E-state index in [9.17, 15) is 4.39 Å². The van der Waals surface area contributed by atoms with Crippen molar-refractivity contribution in [2.24, 2.45) is 0 Å². The van der Waals surface area contributed by atoms with Crippen molar-refractivity contribution in [1.29, 1.82) is 0 Å². The SMILES string of the molecule is COc1ccc(-c2noc(Cc3nnc(-c4cccc(C)c4)o3)n2)cc1F. The highest BCUT2D eigenvalue weighted by Crippen LogP contribution is 2.24. The van der Waals surface area contributed by atoms with E-state index in [0.29, 0.717) is 23.2 Å². The Morgan fingerprint density at radius 1 is 1.04 bits per heavy atom. The van der Waals surface area contributed by atoms with Crippen LogP contribution in [0.1, 0.15) is 17.3 Å². The van der Waals surface area contributed by atoms with Crippen molar-refractivity contribution in [3.05, 3.63) is 65.6 Å². The molecule has 0 amide bonds. The summed E-state index contributed by atoms with van der Waals surface area (Å²) in [4.78, 5) is 4.26. The molecule has 0 saturated carbocycles. The largest absolute Gasteiger partial charge is 0.494 e. The zero-order valence-electron chi connectivity index (χ0n) is 14.6. The minimum absolute atomic E-state index is 0.150. The van der Waals surface area contributed by atoms with Crippen LogP contribution in [0.25, 0.3) is 22.8 Å². The number of aryl methyl sites for hydroxylation is 1. The van der Waals surface area contributed by atoms with Crippen LogP contribution in [0.4, 0.5) is 4.39 Å². The van der Waals surface area contributed by atoms with Crippen LogP contribution in [0, 0.1) is 12.7 Å². The van der Waals surface area contributed by atoms with Gasteiger partial charge in [-0.3, -0.25) is 0 Å². The monoisotopic (exact) mass is 366 g/mol. The number of benzene rings is 2. The molecule has 136 valence electrons. The third-order valence-electron chi connectivity index (χ3n) is 3.91. The zero-order valence-corrected chi connectivity index (χ0v) is 14.6. The van der Waals surface area contributed by atoms with Gasteiger partial charge in [-0.1, -0.05) is 22.9 Å². The number of ether oxygens (including phenoxy) is 1. The predicted molar refractivity (Wildman–Crippen MR) is 93.5 cm³/mol. The van der Waals surface area contributed by atoms with E-state index in [0.717, 1.165) is 11.1 Å². The Morgan fingerprint density at radius 2 is 1.93 bits per heavy atom. The van der Waals surface area contributed by atoms with Gasteiger partial charge in [0.25, 0.3) is 0 Å². The highest BCUT2D eigenvalue weighted by atomic mass is 19.1. The van der Waals surface area contributed by atoms with E-state index in [1.165, 1.54) is 19.2 Å². The molecule has 0 bridgehead atoms. The molecule has 4 rings (SSSR count). The average Bonchev–Trinajstić information content (AvgIpc) is 3.32. The summed E-state index contributed by atoms with van der Waals surface area (Å²) in [5.74, 6) is 0.983. The summed E-state index contributed by atoms with van der Waals surface area (Å²) in [7, 11) is 1.40. The van der Waals surface area contributed by atoms with E-state index >= 15 is 0 Å². The van der Waals surface area contributed by atoms with Crippen LogP contribution < -0.4 is 4.74 Å². The van der Waals surface area contributed by atoms with Gasteiger partial charge in [-0.05, 0) is 37.3 Å². The third kappa shape index (κ3) is 3.55. The van der Waals surface area contributed by atoms with Crippen molar-refractivity contribution in [2.45, 2.75) is 13.3 Å². The van der Waals surface area contributed by atoms with E-state index in [2.05, 4.69) is 20.3 Å². The summed E-state index contributed by atoms with van der Waals surface area (Å²) in [5, 5.41) is 11.9. The molecule has 0 aliphatic heterocycles. The van der Waals surface area contributed by atoms with Crippen molar-refractivity contribution in [1.82, 2.24) is 20.3 Å². The molecule has 0 N–H and O–H groups in total. The van der Waals surface area contributed by atoms with Gasteiger partial charge in [-0.2, -0.15) is 4.98 Å². The normalized spacial score (nSPS) is 10.9. The molecule has 4 aromatic rings. The predicted octanol–water partition coefficient (Wildman–Crippen LogP) is 3.83. The van der Waals surface area contributed by atoms with Gasteiger partial charge in [0.15, 0.2) is 11.6 Å². The summed E-state index contributed by atoms with van der Waals surface area (Å²) in [6.07, 6.45) is 0.185. The molecular formula is C19H15FN4O3. The number of methoxy groups -OCH3 is 1. The van der Waals surface area contributed by atoms with Gasteiger partial charge < -0.3 is 13.7 Å². The maximum atomic E-state index is 13.8.